The lowest BCUT2D eigenvalue weighted by atomic mass is 10.0. The van der Waals surface area contributed by atoms with Crippen molar-refractivity contribution in [2.75, 3.05) is 25.6 Å². The van der Waals surface area contributed by atoms with E-state index in [-0.39, 0.29) is 34.4 Å². The van der Waals surface area contributed by atoms with Crippen molar-refractivity contribution in [3.8, 4) is 0 Å². The van der Waals surface area contributed by atoms with Gasteiger partial charge in [0.05, 0.1) is 29.5 Å². The Morgan fingerprint density at radius 2 is 1.74 bits per heavy atom. The smallest absolute Gasteiger partial charge is 0.341 e. The first-order valence-electron chi connectivity index (χ1n) is 10.5. The van der Waals surface area contributed by atoms with E-state index in [0.717, 1.165) is 11.3 Å². The summed E-state index contributed by atoms with van der Waals surface area (Å²) < 4.78 is 10.1. The maximum atomic E-state index is 12.4. The zero-order chi connectivity index (χ0) is 25.3. The van der Waals surface area contributed by atoms with Crippen molar-refractivity contribution in [3.05, 3.63) is 51.9 Å². The number of hydrogen-bond acceptors (Lipinski definition) is 8. The lowest BCUT2D eigenvalue weighted by Crippen LogP contribution is -2.29. The van der Waals surface area contributed by atoms with Gasteiger partial charge in [0, 0.05) is 14.0 Å². The van der Waals surface area contributed by atoms with Crippen molar-refractivity contribution < 1.29 is 33.4 Å². The second kappa shape index (κ2) is 12.5. The van der Waals surface area contributed by atoms with Gasteiger partial charge in [-0.2, -0.15) is 0 Å². The summed E-state index contributed by atoms with van der Waals surface area (Å²) in [4.78, 5) is 61.0. The monoisotopic (exact) mass is 489 g/mol. The number of carbonyl (C=O) groups is 5. The molecular weight excluding hydrogens is 462 g/mol. The van der Waals surface area contributed by atoms with Crippen molar-refractivity contribution in [2.24, 2.45) is 0 Å². The number of benzene rings is 1. The maximum Gasteiger partial charge on any atom is 0.341 e. The third-order valence-electron chi connectivity index (χ3n) is 4.63. The Morgan fingerprint density at radius 3 is 2.32 bits per heavy atom. The average molecular weight is 490 g/mol. The number of esters is 2. The third-order valence-corrected chi connectivity index (χ3v) is 5.83. The van der Waals surface area contributed by atoms with E-state index in [1.807, 2.05) is 6.07 Å². The van der Waals surface area contributed by atoms with Gasteiger partial charge in [0.25, 0.3) is 11.8 Å². The molecule has 0 saturated heterocycles. The van der Waals surface area contributed by atoms with Crippen molar-refractivity contribution in [2.45, 2.75) is 33.2 Å². The van der Waals surface area contributed by atoms with Crippen LogP contribution in [0.3, 0.4) is 0 Å². The first kappa shape index (κ1) is 26.5. The molecule has 2 aromatic rings. The molecule has 0 radical (unpaired) electrons. The van der Waals surface area contributed by atoms with Crippen LogP contribution in [0.5, 0.6) is 0 Å². The van der Waals surface area contributed by atoms with Gasteiger partial charge in [0.2, 0.25) is 5.91 Å². The number of nitrogens with one attached hydrogen (secondary N) is 3. The van der Waals surface area contributed by atoms with Gasteiger partial charge in [-0.05, 0) is 25.0 Å². The molecule has 10 nitrogen and oxygen atoms in total. The molecule has 0 aliphatic heterocycles. The van der Waals surface area contributed by atoms with E-state index in [2.05, 4.69) is 16.0 Å². The second-order valence-electron chi connectivity index (χ2n) is 7.14. The molecule has 0 fully saturated rings. The summed E-state index contributed by atoms with van der Waals surface area (Å²) in [5.74, 6) is -2.80. The van der Waals surface area contributed by atoms with Crippen LogP contribution in [0.15, 0.2) is 30.3 Å². The Labute approximate surface area is 201 Å². The first-order valence-corrected chi connectivity index (χ1v) is 11.3. The number of anilines is 1. The third kappa shape index (κ3) is 7.14. The van der Waals surface area contributed by atoms with E-state index in [1.54, 1.807) is 38.1 Å². The maximum absolute atomic E-state index is 12.4. The minimum atomic E-state index is -0.697. The Kier molecular flexibility index (Phi) is 9.75. The highest BCUT2D eigenvalue weighted by atomic mass is 32.1. The summed E-state index contributed by atoms with van der Waals surface area (Å²) >= 11 is 0.918. The molecule has 1 heterocycles. The fraction of sp³-hybridized carbons (Fsp3) is 0.348. The van der Waals surface area contributed by atoms with E-state index in [4.69, 9.17) is 9.47 Å². The molecule has 0 aliphatic carbocycles. The van der Waals surface area contributed by atoms with E-state index in [0.29, 0.717) is 11.1 Å². The Morgan fingerprint density at radius 1 is 1.06 bits per heavy atom. The predicted molar refractivity (Wildman–Crippen MR) is 126 cm³/mol. The molecule has 34 heavy (non-hydrogen) atoms. The molecule has 1 atom stereocenters. The number of rotatable bonds is 10. The summed E-state index contributed by atoms with van der Waals surface area (Å²) in [7, 11) is 1.45. The molecule has 1 aromatic carbocycles. The standard InChI is InChI=1S/C23H27N3O7S/c1-5-32-23(31)19-13(2)20(21(30)24-4)34-22(19)26-17(28)12-33-18(29)11-16(25-14(3)27)15-9-7-6-8-10-15/h6-10,16H,5,11-12H2,1-4H3,(H,24,30)(H,25,27)(H,26,28)/t16-/m0/s1. The van der Waals surface area contributed by atoms with Crippen LogP contribution >= 0.6 is 11.3 Å². The SMILES string of the molecule is CCOC(=O)c1c(NC(=O)COC(=O)C[C@H](NC(C)=O)c2ccccc2)sc(C(=O)NC)c1C. The molecule has 0 bridgehead atoms. The van der Waals surface area contributed by atoms with Gasteiger partial charge in [-0.25, -0.2) is 4.79 Å². The second-order valence-corrected chi connectivity index (χ2v) is 8.16. The normalized spacial score (nSPS) is 11.2. The molecule has 2 rings (SSSR count). The highest BCUT2D eigenvalue weighted by Crippen LogP contribution is 2.33. The van der Waals surface area contributed by atoms with Crippen LogP contribution < -0.4 is 16.0 Å². The molecule has 182 valence electrons. The van der Waals surface area contributed by atoms with Gasteiger partial charge >= 0.3 is 11.9 Å². The van der Waals surface area contributed by atoms with Crippen LogP contribution in [0.4, 0.5) is 5.00 Å². The van der Waals surface area contributed by atoms with Crippen LogP contribution in [0, 0.1) is 6.92 Å². The number of amides is 3. The summed E-state index contributed by atoms with van der Waals surface area (Å²) in [5.41, 5.74) is 1.16. The average Bonchev–Trinajstić information content (AvgIpc) is 3.12. The molecule has 0 aliphatic rings. The Hall–Kier alpha value is -3.73. The van der Waals surface area contributed by atoms with Gasteiger partial charge in [0.15, 0.2) is 6.61 Å². The van der Waals surface area contributed by atoms with E-state index in [1.165, 1.54) is 14.0 Å². The summed E-state index contributed by atoms with van der Waals surface area (Å²) in [6.45, 7) is 4.06. The van der Waals surface area contributed by atoms with Gasteiger partial charge in [-0.15, -0.1) is 11.3 Å². The van der Waals surface area contributed by atoms with Gasteiger partial charge < -0.3 is 25.4 Å². The molecule has 0 spiro atoms. The Balaban J connectivity index is 2.07. The van der Waals surface area contributed by atoms with E-state index < -0.39 is 36.4 Å². The number of ether oxygens (including phenoxy) is 2. The number of hydrogen-bond donors (Lipinski definition) is 3. The number of thiophene rings is 1. The largest absolute Gasteiger partial charge is 0.462 e. The predicted octanol–water partition coefficient (Wildman–Crippen LogP) is 2.34. The van der Waals surface area contributed by atoms with Crippen LogP contribution in [-0.4, -0.2) is 49.9 Å². The highest BCUT2D eigenvalue weighted by molar-refractivity contribution is 7.18. The van der Waals surface area contributed by atoms with Crippen molar-refractivity contribution in [1.82, 2.24) is 10.6 Å². The summed E-state index contributed by atoms with van der Waals surface area (Å²) in [5, 5.41) is 7.80. The molecule has 0 saturated carbocycles. The molecule has 3 amide bonds. The van der Waals surface area contributed by atoms with Crippen molar-refractivity contribution in [1.29, 1.82) is 0 Å². The molecular formula is C23H27N3O7S. The topological polar surface area (TPSA) is 140 Å². The minimum Gasteiger partial charge on any atom is -0.462 e. The molecule has 11 heteroatoms. The van der Waals surface area contributed by atoms with E-state index >= 15 is 0 Å². The summed E-state index contributed by atoms with van der Waals surface area (Å²) in [6, 6.07) is 8.28. The van der Waals surface area contributed by atoms with Crippen molar-refractivity contribution >= 4 is 46.0 Å². The van der Waals surface area contributed by atoms with Gasteiger partial charge in [-0.1, -0.05) is 30.3 Å². The fourth-order valence-electron chi connectivity index (χ4n) is 3.10. The first-order chi connectivity index (χ1) is 16.2. The van der Waals surface area contributed by atoms with Crippen LogP contribution in [0.2, 0.25) is 0 Å². The fourth-order valence-corrected chi connectivity index (χ4v) is 4.26. The van der Waals surface area contributed by atoms with Crippen molar-refractivity contribution in [3.63, 3.8) is 0 Å². The lowest BCUT2D eigenvalue weighted by molar-refractivity contribution is -0.148. The highest BCUT2D eigenvalue weighted by Gasteiger charge is 2.26. The quantitative estimate of drug-likeness (QED) is 0.435. The van der Waals surface area contributed by atoms with Crippen LogP contribution in [0.25, 0.3) is 0 Å². The van der Waals surface area contributed by atoms with Gasteiger partial charge in [-0.3, -0.25) is 19.2 Å². The Bertz CT molecular complexity index is 1070. The van der Waals surface area contributed by atoms with Crippen LogP contribution in [0.1, 0.15) is 57.5 Å². The molecule has 0 unspecified atom stereocenters. The molecule has 3 N–H and O–H groups in total. The lowest BCUT2D eigenvalue weighted by Gasteiger charge is -2.17. The minimum absolute atomic E-state index is 0.0694. The zero-order valence-corrected chi connectivity index (χ0v) is 20.2. The number of carbonyl (C=O) groups excluding carboxylic acids is 5. The van der Waals surface area contributed by atoms with Crippen LogP contribution in [-0.2, 0) is 23.9 Å². The zero-order valence-electron chi connectivity index (χ0n) is 19.4. The summed E-state index contributed by atoms with van der Waals surface area (Å²) in [6.07, 6.45) is -0.177. The van der Waals surface area contributed by atoms with E-state index in [9.17, 15) is 24.0 Å². The van der Waals surface area contributed by atoms with Gasteiger partial charge in [0.1, 0.15) is 5.00 Å². The molecule has 1 aromatic heterocycles.